The van der Waals surface area contributed by atoms with Gasteiger partial charge in [0.15, 0.2) is 0 Å². The second-order valence-corrected chi connectivity index (χ2v) is 2.55. The summed E-state index contributed by atoms with van der Waals surface area (Å²) in [4.78, 5) is 23.3. The Morgan fingerprint density at radius 1 is 1.54 bits per heavy atom. The van der Waals surface area contributed by atoms with Crippen LogP contribution in [0.2, 0.25) is 0 Å². The maximum absolute atomic E-state index is 12.7. The van der Waals surface area contributed by atoms with Crippen LogP contribution in [0.3, 0.4) is 0 Å². The van der Waals surface area contributed by atoms with Gasteiger partial charge in [0.25, 0.3) is 5.56 Å². The second-order valence-electron chi connectivity index (χ2n) is 2.55. The molecule has 1 rings (SSSR count). The third kappa shape index (κ3) is 1.61. The highest BCUT2D eigenvalue weighted by Crippen LogP contribution is 2.07. The predicted molar refractivity (Wildman–Crippen MR) is 43.2 cm³/mol. The maximum Gasteiger partial charge on any atom is 0.331 e. The topological polar surface area (TPSA) is 75.1 Å². The van der Waals surface area contributed by atoms with Crippen LogP contribution in [0.5, 0.6) is 5.88 Å². The van der Waals surface area contributed by atoms with E-state index in [1.807, 2.05) is 0 Å². The van der Waals surface area contributed by atoms with E-state index in [4.69, 9.17) is 5.11 Å². The Balaban J connectivity index is 3.44. The molecule has 72 valence electrons. The van der Waals surface area contributed by atoms with Crippen molar-refractivity contribution in [3.63, 3.8) is 0 Å². The molecule has 0 radical (unpaired) electrons. The number of halogens is 1. The lowest BCUT2D eigenvalue weighted by molar-refractivity contribution is 0.359. The van der Waals surface area contributed by atoms with E-state index in [-0.39, 0.29) is 6.54 Å². The smallest absolute Gasteiger partial charge is 0.331 e. The van der Waals surface area contributed by atoms with E-state index in [9.17, 15) is 14.0 Å². The summed E-state index contributed by atoms with van der Waals surface area (Å²) in [5, 5.41) is 9.06. The first-order chi connectivity index (χ1) is 6.07. The molecule has 0 unspecified atom stereocenters. The lowest BCUT2D eigenvalue weighted by Gasteiger charge is -2.05. The zero-order valence-electron chi connectivity index (χ0n) is 7.00. The number of nitrogens with zero attached hydrogens (tertiary/aromatic N) is 1. The molecule has 1 aromatic heterocycles. The van der Waals surface area contributed by atoms with Crippen molar-refractivity contribution in [2.24, 2.45) is 0 Å². The van der Waals surface area contributed by atoms with Crippen molar-refractivity contribution in [1.82, 2.24) is 9.55 Å². The molecule has 0 amide bonds. The molecular formula is C7H9FN2O3. The fourth-order valence-electron chi connectivity index (χ4n) is 0.967. The van der Waals surface area contributed by atoms with Gasteiger partial charge >= 0.3 is 5.69 Å². The van der Waals surface area contributed by atoms with E-state index in [0.717, 1.165) is 4.57 Å². The number of nitrogens with one attached hydrogen (secondary N) is 1. The molecular weight excluding hydrogens is 179 g/mol. The number of rotatable bonds is 2. The molecule has 5 nitrogen and oxygen atoms in total. The van der Waals surface area contributed by atoms with Crippen molar-refractivity contribution in [3.8, 4) is 5.88 Å². The highest BCUT2D eigenvalue weighted by molar-refractivity contribution is 5.09. The Kier molecular flexibility index (Phi) is 2.50. The van der Waals surface area contributed by atoms with Gasteiger partial charge in [0.1, 0.15) is 0 Å². The second kappa shape index (κ2) is 3.42. The summed E-state index contributed by atoms with van der Waals surface area (Å²) in [6, 6.07) is 0. The van der Waals surface area contributed by atoms with E-state index in [2.05, 4.69) is 0 Å². The van der Waals surface area contributed by atoms with Crippen LogP contribution in [0.4, 0.5) is 4.39 Å². The zero-order valence-corrected chi connectivity index (χ0v) is 7.00. The molecule has 0 saturated carbocycles. The van der Waals surface area contributed by atoms with E-state index >= 15 is 0 Å². The molecule has 0 spiro atoms. The van der Waals surface area contributed by atoms with Gasteiger partial charge in [-0.05, 0) is 6.42 Å². The Morgan fingerprint density at radius 2 is 2.15 bits per heavy atom. The SMILES string of the molecule is CCCn1c(O)c(F)c(=O)[nH]c1=O. The Morgan fingerprint density at radius 3 is 2.69 bits per heavy atom. The molecule has 0 aromatic carbocycles. The van der Waals surface area contributed by atoms with E-state index in [0.29, 0.717) is 6.42 Å². The van der Waals surface area contributed by atoms with E-state index < -0.39 is 22.9 Å². The minimum atomic E-state index is -1.33. The Bertz CT molecular complexity index is 421. The molecule has 0 aliphatic rings. The Hall–Kier alpha value is -1.59. The number of hydrogen-bond acceptors (Lipinski definition) is 3. The number of aromatic nitrogens is 2. The molecule has 2 N–H and O–H groups in total. The van der Waals surface area contributed by atoms with Gasteiger partial charge in [-0.15, -0.1) is 0 Å². The van der Waals surface area contributed by atoms with Gasteiger partial charge in [0.05, 0.1) is 0 Å². The van der Waals surface area contributed by atoms with Crippen molar-refractivity contribution in [1.29, 1.82) is 0 Å². The average Bonchev–Trinajstić information content (AvgIpc) is 2.09. The summed E-state index contributed by atoms with van der Waals surface area (Å²) >= 11 is 0. The first-order valence-corrected chi connectivity index (χ1v) is 3.79. The minimum absolute atomic E-state index is 0.165. The molecule has 0 aliphatic carbocycles. The van der Waals surface area contributed by atoms with Gasteiger partial charge in [-0.25, -0.2) is 4.79 Å². The van der Waals surface area contributed by atoms with Gasteiger partial charge in [-0.3, -0.25) is 14.3 Å². The van der Waals surface area contributed by atoms with Crippen LogP contribution in [0, 0.1) is 5.82 Å². The standard InChI is InChI=1S/C7H9FN2O3/c1-2-3-10-6(12)4(8)5(11)9-7(10)13/h12H,2-3H2,1H3,(H,9,11,13). The van der Waals surface area contributed by atoms with Crippen LogP contribution in [0.1, 0.15) is 13.3 Å². The molecule has 1 aromatic rings. The normalized spacial score (nSPS) is 10.3. The minimum Gasteiger partial charge on any atom is -0.492 e. The van der Waals surface area contributed by atoms with Crippen molar-refractivity contribution in [2.45, 2.75) is 19.9 Å². The summed E-state index contributed by atoms with van der Waals surface area (Å²) in [5.74, 6) is -2.23. The lowest BCUT2D eigenvalue weighted by Crippen LogP contribution is -2.31. The van der Waals surface area contributed by atoms with Crippen LogP contribution < -0.4 is 11.2 Å². The predicted octanol–water partition coefficient (Wildman–Crippen LogP) is -0.209. The fraction of sp³-hybridized carbons (Fsp3) is 0.429. The molecule has 0 saturated heterocycles. The van der Waals surface area contributed by atoms with E-state index in [1.165, 1.54) is 0 Å². The number of aromatic hydroxyl groups is 1. The van der Waals surface area contributed by atoms with Crippen molar-refractivity contribution >= 4 is 0 Å². The summed E-state index contributed by atoms with van der Waals surface area (Å²) in [5.41, 5.74) is -2.00. The van der Waals surface area contributed by atoms with Crippen molar-refractivity contribution in [3.05, 3.63) is 26.7 Å². The highest BCUT2D eigenvalue weighted by atomic mass is 19.1. The molecule has 6 heteroatoms. The third-order valence-electron chi connectivity index (χ3n) is 1.56. The summed E-state index contributed by atoms with van der Waals surface area (Å²) in [7, 11) is 0. The van der Waals surface area contributed by atoms with Gasteiger partial charge in [-0.2, -0.15) is 4.39 Å². The highest BCUT2D eigenvalue weighted by Gasteiger charge is 2.12. The number of hydrogen-bond donors (Lipinski definition) is 2. The summed E-state index contributed by atoms with van der Waals surface area (Å²) in [6.07, 6.45) is 0.555. The monoisotopic (exact) mass is 188 g/mol. The number of aromatic amines is 1. The van der Waals surface area contributed by atoms with E-state index in [1.54, 1.807) is 11.9 Å². The van der Waals surface area contributed by atoms with Crippen LogP contribution in [0.25, 0.3) is 0 Å². The largest absolute Gasteiger partial charge is 0.492 e. The summed E-state index contributed by atoms with van der Waals surface area (Å²) < 4.78 is 13.5. The zero-order chi connectivity index (χ0) is 10.0. The van der Waals surface area contributed by atoms with Crippen LogP contribution in [-0.4, -0.2) is 14.7 Å². The molecule has 0 bridgehead atoms. The molecule has 0 aliphatic heterocycles. The third-order valence-corrected chi connectivity index (χ3v) is 1.56. The maximum atomic E-state index is 12.7. The first kappa shape index (κ1) is 9.50. The quantitative estimate of drug-likeness (QED) is 0.674. The lowest BCUT2D eigenvalue weighted by atomic mass is 10.4. The molecule has 0 atom stereocenters. The van der Waals surface area contributed by atoms with Gasteiger partial charge in [0.2, 0.25) is 11.7 Å². The summed E-state index contributed by atoms with van der Waals surface area (Å²) in [6.45, 7) is 1.92. The Labute approximate surface area is 72.5 Å². The average molecular weight is 188 g/mol. The molecule has 1 heterocycles. The van der Waals surface area contributed by atoms with Crippen LogP contribution in [0.15, 0.2) is 9.59 Å². The van der Waals surface area contributed by atoms with Gasteiger partial charge in [-0.1, -0.05) is 6.92 Å². The number of H-pyrrole nitrogens is 1. The van der Waals surface area contributed by atoms with Gasteiger partial charge in [0, 0.05) is 6.54 Å². The van der Waals surface area contributed by atoms with Crippen LogP contribution >= 0.6 is 0 Å². The van der Waals surface area contributed by atoms with Crippen LogP contribution in [-0.2, 0) is 6.54 Å². The van der Waals surface area contributed by atoms with Crippen molar-refractivity contribution < 1.29 is 9.50 Å². The van der Waals surface area contributed by atoms with Crippen molar-refractivity contribution in [2.75, 3.05) is 0 Å². The first-order valence-electron chi connectivity index (χ1n) is 3.79. The molecule has 0 fully saturated rings. The fourth-order valence-corrected chi connectivity index (χ4v) is 0.967. The van der Waals surface area contributed by atoms with Gasteiger partial charge < -0.3 is 5.11 Å². The molecule has 13 heavy (non-hydrogen) atoms.